The summed E-state index contributed by atoms with van der Waals surface area (Å²) in [6, 6.07) is 1.92. The summed E-state index contributed by atoms with van der Waals surface area (Å²) in [5.74, 6) is 0.530. The molecule has 3 heteroatoms. The first-order chi connectivity index (χ1) is 6.07. The van der Waals surface area contributed by atoms with E-state index in [2.05, 4.69) is 0 Å². The first-order valence-electron chi connectivity index (χ1n) is 4.30. The van der Waals surface area contributed by atoms with Gasteiger partial charge in [0.1, 0.15) is 0 Å². The largest absolute Gasteiger partial charge is 0.351 e. The number of aromatic nitrogens is 1. The van der Waals surface area contributed by atoms with Crippen molar-refractivity contribution in [1.29, 1.82) is 0 Å². The number of carbonyl (C=O) groups is 1. The number of ketones is 1. The molecule has 13 heavy (non-hydrogen) atoms. The minimum Gasteiger partial charge on any atom is -0.351 e. The van der Waals surface area contributed by atoms with E-state index in [0.717, 1.165) is 17.0 Å². The number of hydrogen-bond acceptors (Lipinski definition) is 1. The van der Waals surface area contributed by atoms with Crippen LogP contribution in [0.15, 0.2) is 6.07 Å². The van der Waals surface area contributed by atoms with Gasteiger partial charge in [-0.3, -0.25) is 4.79 Å². The van der Waals surface area contributed by atoms with Crippen molar-refractivity contribution in [2.24, 2.45) is 7.05 Å². The van der Waals surface area contributed by atoms with Crippen LogP contribution in [-0.2, 0) is 7.05 Å². The Bertz CT molecular complexity index is 328. The van der Waals surface area contributed by atoms with Crippen molar-refractivity contribution < 1.29 is 4.79 Å². The minimum absolute atomic E-state index is 0.135. The van der Waals surface area contributed by atoms with Crippen LogP contribution in [0.3, 0.4) is 0 Å². The van der Waals surface area contributed by atoms with E-state index in [-0.39, 0.29) is 5.78 Å². The molecule has 0 unspecified atom stereocenters. The summed E-state index contributed by atoms with van der Waals surface area (Å²) in [6.07, 6.45) is 0.422. The second-order valence-corrected chi connectivity index (χ2v) is 3.58. The van der Waals surface area contributed by atoms with Crippen molar-refractivity contribution in [3.05, 3.63) is 23.0 Å². The van der Waals surface area contributed by atoms with Gasteiger partial charge in [0.25, 0.3) is 0 Å². The molecule has 0 atom stereocenters. The predicted octanol–water partition coefficient (Wildman–Crippen LogP) is 2.45. The molecule has 0 saturated carbocycles. The Labute approximate surface area is 83.5 Å². The molecule has 0 aromatic carbocycles. The van der Waals surface area contributed by atoms with E-state index in [9.17, 15) is 4.79 Å². The summed E-state index contributed by atoms with van der Waals surface area (Å²) in [7, 11) is 1.96. The minimum atomic E-state index is 0.135. The van der Waals surface area contributed by atoms with Gasteiger partial charge in [0.15, 0.2) is 5.78 Å². The predicted molar refractivity (Wildman–Crippen MR) is 54.6 cm³/mol. The van der Waals surface area contributed by atoms with Gasteiger partial charge < -0.3 is 4.57 Å². The van der Waals surface area contributed by atoms with Crippen molar-refractivity contribution in [1.82, 2.24) is 4.57 Å². The van der Waals surface area contributed by atoms with Gasteiger partial charge in [0.2, 0.25) is 0 Å². The Balaban J connectivity index is 3.01. The molecule has 1 rings (SSSR count). The maximum absolute atomic E-state index is 11.5. The van der Waals surface area contributed by atoms with Crippen molar-refractivity contribution >= 4 is 17.4 Å². The lowest BCUT2D eigenvalue weighted by Crippen LogP contribution is -2.02. The van der Waals surface area contributed by atoms with E-state index < -0.39 is 0 Å². The lowest BCUT2D eigenvalue weighted by Gasteiger charge is -2.00. The summed E-state index contributed by atoms with van der Waals surface area (Å²) in [6.45, 7) is 3.94. The van der Waals surface area contributed by atoms with Crippen LogP contribution < -0.4 is 0 Å². The molecule has 2 nitrogen and oxygen atoms in total. The molecule has 0 aliphatic heterocycles. The molecule has 0 aliphatic rings. The molecule has 1 aromatic heterocycles. The number of halogens is 1. The molecule has 0 N–H and O–H groups in total. The van der Waals surface area contributed by atoms with Gasteiger partial charge in [-0.05, 0) is 19.9 Å². The zero-order valence-corrected chi connectivity index (χ0v) is 8.98. The second kappa shape index (κ2) is 3.97. The third kappa shape index (κ3) is 1.94. The molecular formula is C10H14ClNO. The Morgan fingerprint density at radius 1 is 1.54 bits per heavy atom. The number of nitrogens with zero attached hydrogens (tertiary/aromatic N) is 1. The normalized spacial score (nSPS) is 10.5. The van der Waals surface area contributed by atoms with E-state index >= 15 is 0 Å². The zero-order valence-electron chi connectivity index (χ0n) is 8.22. The highest BCUT2D eigenvalue weighted by atomic mass is 35.5. The quantitative estimate of drug-likeness (QED) is 0.542. The van der Waals surface area contributed by atoms with Crippen molar-refractivity contribution in [3.63, 3.8) is 0 Å². The molecule has 1 aromatic rings. The van der Waals surface area contributed by atoms with Crippen LogP contribution in [0.4, 0.5) is 0 Å². The van der Waals surface area contributed by atoms with Crippen LogP contribution in [0.25, 0.3) is 0 Å². The molecule has 0 saturated heterocycles. The van der Waals surface area contributed by atoms with E-state index in [1.807, 2.05) is 31.5 Å². The van der Waals surface area contributed by atoms with Gasteiger partial charge in [0.05, 0.1) is 0 Å². The second-order valence-electron chi connectivity index (χ2n) is 3.21. The van der Waals surface area contributed by atoms with Crippen molar-refractivity contribution in [2.75, 3.05) is 5.88 Å². The maximum Gasteiger partial charge on any atom is 0.165 e. The number of Topliss-reactive ketones (excluding diaryl/α,β-unsaturated/α-hetero) is 1. The molecule has 0 aliphatic carbocycles. The Morgan fingerprint density at radius 2 is 2.15 bits per heavy atom. The van der Waals surface area contributed by atoms with Crippen LogP contribution in [-0.4, -0.2) is 16.2 Å². The fraction of sp³-hybridized carbons (Fsp3) is 0.500. The molecule has 1 heterocycles. The third-order valence-corrected chi connectivity index (χ3v) is 2.59. The first-order valence-corrected chi connectivity index (χ1v) is 4.83. The Kier molecular flexibility index (Phi) is 3.15. The van der Waals surface area contributed by atoms with Gasteiger partial charge >= 0.3 is 0 Å². The zero-order chi connectivity index (χ0) is 10.0. The fourth-order valence-corrected chi connectivity index (χ4v) is 1.53. The smallest absolute Gasteiger partial charge is 0.165 e. The van der Waals surface area contributed by atoms with Crippen LogP contribution in [0, 0.1) is 13.8 Å². The maximum atomic E-state index is 11.5. The van der Waals surface area contributed by atoms with Gasteiger partial charge in [-0.2, -0.15) is 0 Å². The molecule has 72 valence electrons. The van der Waals surface area contributed by atoms with Gasteiger partial charge in [-0.15, -0.1) is 11.6 Å². The SMILES string of the molecule is Cc1cc(C(=O)CCCl)c(C)n1C. The van der Waals surface area contributed by atoms with E-state index in [1.165, 1.54) is 0 Å². The van der Waals surface area contributed by atoms with Crippen LogP contribution in [0.5, 0.6) is 0 Å². The highest BCUT2D eigenvalue weighted by molar-refractivity contribution is 6.19. The number of aryl methyl sites for hydroxylation is 1. The van der Waals surface area contributed by atoms with E-state index in [4.69, 9.17) is 11.6 Å². The number of hydrogen-bond donors (Lipinski definition) is 0. The average molecular weight is 200 g/mol. The number of rotatable bonds is 3. The van der Waals surface area contributed by atoms with Gasteiger partial charge in [-0.25, -0.2) is 0 Å². The third-order valence-electron chi connectivity index (χ3n) is 2.40. The first kappa shape index (κ1) is 10.3. The van der Waals surface area contributed by atoms with Gasteiger partial charge in [-0.1, -0.05) is 0 Å². The molecule has 0 spiro atoms. The summed E-state index contributed by atoms with van der Waals surface area (Å²) < 4.78 is 2.02. The lowest BCUT2D eigenvalue weighted by atomic mass is 10.1. The topological polar surface area (TPSA) is 22.0 Å². The monoisotopic (exact) mass is 199 g/mol. The highest BCUT2D eigenvalue weighted by Crippen LogP contribution is 2.15. The molecule has 0 radical (unpaired) electrons. The van der Waals surface area contributed by atoms with E-state index in [0.29, 0.717) is 12.3 Å². The Hall–Kier alpha value is -0.760. The molecular weight excluding hydrogens is 186 g/mol. The van der Waals surface area contributed by atoms with Crippen molar-refractivity contribution in [3.8, 4) is 0 Å². The fourth-order valence-electron chi connectivity index (χ4n) is 1.36. The van der Waals surface area contributed by atoms with Crippen LogP contribution in [0.2, 0.25) is 0 Å². The lowest BCUT2D eigenvalue weighted by molar-refractivity contribution is 0.0988. The average Bonchev–Trinajstić information content (AvgIpc) is 2.33. The standard InChI is InChI=1S/C10H14ClNO/c1-7-6-9(8(2)12(7)3)10(13)4-5-11/h6H,4-5H2,1-3H3. The number of carbonyl (C=O) groups excluding carboxylic acids is 1. The Morgan fingerprint density at radius 3 is 2.54 bits per heavy atom. The molecule has 0 fully saturated rings. The highest BCUT2D eigenvalue weighted by Gasteiger charge is 2.12. The molecule has 0 amide bonds. The summed E-state index contributed by atoms with van der Waals surface area (Å²) in [5.41, 5.74) is 2.93. The van der Waals surface area contributed by atoms with Crippen LogP contribution in [0.1, 0.15) is 28.2 Å². The van der Waals surface area contributed by atoms with Crippen LogP contribution >= 0.6 is 11.6 Å². The van der Waals surface area contributed by atoms with Crippen molar-refractivity contribution in [2.45, 2.75) is 20.3 Å². The summed E-state index contributed by atoms with van der Waals surface area (Å²) in [4.78, 5) is 11.5. The number of alkyl halides is 1. The van der Waals surface area contributed by atoms with Gasteiger partial charge in [0, 0.05) is 36.3 Å². The summed E-state index contributed by atoms with van der Waals surface area (Å²) >= 11 is 5.52. The summed E-state index contributed by atoms with van der Waals surface area (Å²) in [5, 5.41) is 0. The van der Waals surface area contributed by atoms with E-state index in [1.54, 1.807) is 0 Å². The molecule has 0 bridgehead atoms.